The van der Waals surface area contributed by atoms with Crippen LogP contribution in [0.1, 0.15) is 56.5 Å². The van der Waals surface area contributed by atoms with Crippen molar-refractivity contribution < 1.29 is 18.3 Å². The SMILES string of the molecule is C[C@H](Cn1cccn1)c1nc2c3c(ccc2n1[C@@H]1CCCS(=O)(=O)C1)N(C(=O)O)[C@@H](C)CC3. The lowest BCUT2D eigenvalue weighted by atomic mass is 9.95. The predicted octanol–water partition coefficient (Wildman–Crippen LogP) is 3.61. The molecule has 0 aliphatic carbocycles. The smallest absolute Gasteiger partial charge is 0.412 e. The first-order chi connectivity index (χ1) is 15.7. The van der Waals surface area contributed by atoms with Crippen molar-refractivity contribution in [3.63, 3.8) is 0 Å². The highest BCUT2D eigenvalue weighted by molar-refractivity contribution is 7.91. The van der Waals surface area contributed by atoms with Gasteiger partial charge in [-0.2, -0.15) is 5.10 Å². The van der Waals surface area contributed by atoms with Crippen LogP contribution in [-0.2, 0) is 22.8 Å². The van der Waals surface area contributed by atoms with Gasteiger partial charge in [0.1, 0.15) is 5.82 Å². The van der Waals surface area contributed by atoms with E-state index in [-0.39, 0.29) is 29.5 Å². The van der Waals surface area contributed by atoms with Gasteiger partial charge >= 0.3 is 6.09 Å². The minimum absolute atomic E-state index is 0.00401. The summed E-state index contributed by atoms with van der Waals surface area (Å²) < 4.78 is 29.0. The minimum atomic E-state index is -3.12. The number of benzene rings is 1. The summed E-state index contributed by atoms with van der Waals surface area (Å²) in [5.74, 6) is 1.16. The Kier molecular flexibility index (Phi) is 5.43. The number of fused-ring (bicyclic) bond motifs is 3. The Balaban J connectivity index is 1.68. The summed E-state index contributed by atoms with van der Waals surface area (Å²) in [4.78, 5) is 18.4. The van der Waals surface area contributed by atoms with Gasteiger partial charge in [0.15, 0.2) is 9.84 Å². The third-order valence-electron chi connectivity index (χ3n) is 6.95. The van der Waals surface area contributed by atoms with Crippen molar-refractivity contribution in [2.24, 2.45) is 0 Å². The van der Waals surface area contributed by atoms with Crippen LogP contribution in [0.5, 0.6) is 0 Å². The Morgan fingerprint density at radius 1 is 1.30 bits per heavy atom. The van der Waals surface area contributed by atoms with Gasteiger partial charge < -0.3 is 9.67 Å². The maximum Gasteiger partial charge on any atom is 0.412 e. The molecule has 3 aromatic rings. The monoisotopic (exact) mass is 471 g/mol. The molecule has 0 saturated carbocycles. The summed E-state index contributed by atoms with van der Waals surface area (Å²) in [7, 11) is -3.12. The van der Waals surface area contributed by atoms with Gasteiger partial charge in [0, 0.05) is 36.0 Å². The average molecular weight is 472 g/mol. The number of imidazole rings is 1. The molecule has 3 atom stereocenters. The van der Waals surface area contributed by atoms with Crippen LogP contribution in [0.15, 0.2) is 30.6 Å². The summed E-state index contributed by atoms with van der Waals surface area (Å²) in [5, 5.41) is 14.1. The summed E-state index contributed by atoms with van der Waals surface area (Å²) in [6.07, 6.45) is 5.56. The zero-order valence-electron chi connectivity index (χ0n) is 18.9. The number of hydrogen-bond donors (Lipinski definition) is 1. The van der Waals surface area contributed by atoms with Crippen LogP contribution in [0.4, 0.5) is 10.5 Å². The zero-order chi connectivity index (χ0) is 23.3. The standard InChI is InChI=1S/C23H29N5O4S/c1-15(13-26-11-4-10-24-26)22-25-21-18-7-6-16(2)27(23(29)30)19(18)8-9-20(21)28(22)17-5-3-12-33(31,32)14-17/h4,8-11,15-17H,3,5-7,12-14H2,1-2H3,(H,29,30)/t15-,16+,17-/m1/s1. The highest BCUT2D eigenvalue weighted by Crippen LogP contribution is 2.39. The molecule has 2 aliphatic rings. The molecule has 176 valence electrons. The van der Waals surface area contributed by atoms with Gasteiger partial charge in [-0.05, 0) is 50.8 Å². The van der Waals surface area contributed by atoms with Crippen molar-refractivity contribution in [1.29, 1.82) is 0 Å². The van der Waals surface area contributed by atoms with E-state index in [2.05, 4.69) is 16.6 Å². The summed E-state index contributed by atoms with van der Waals surface area (Å²) in [6.45, 7) is 4.62. The molecular weight excluding hydrogens is 442 g/mol. The molecule has 0 bridgehead atoms. The Labute approximate surface area is 192 Å². The normalized spacial score (nSPS) is 23.4. The molecule has 33 heavy (non-hydrogen) atoms. The van der Waals surface area contributed by atoms with Crippen molar-refractivity contribution in [2.75, 3.05) is 16.4 Å². The summed E-state index contributed by atoms with van der Waals surface area (Å²) in [6, 6.07) is 5.37. The number of carboxylic acid groups (broad SMARTS) is 1. The number of sulfone groups is 1. The lowest BCUT2D eigenvalue weighted by molar-refractivity contribution is 0.198. The molecule has 0 unspecified atom stereocenters. The quantitative estimate of drug-likeness (QED) is 0.622. The zero-order valence-corrected chi connectivity index (χ0v) is 19.7. The van der Waals surface area contributed by atoms with Crippen LogP contribution in [0.2, 0.25) is 0 Å². The Bertz CT molecular complexity index is 1300. The summed E-state index contributed by atoms with van der Waals surface area (Å²) >= 11 is 0. The fourth-order valence-electron chi connectivity index (χ4n) is 5.41. The van der Waals surface area contributed by atoms with E-state index in [4.69, 9.17) is 4.98 Å². The van der Waals surface area contributed by atoms with Gasteiger partial charge in [0.25, 0.3) is 0 Å². The molecule has 1 aromatic carbocycles. The molecule has 5 rings (SSSR count). The van der Waals surface area contributed by atoms with E-state index in [1.54, 1.807) is 6.20 Å². The van der Waals surface area contributed by atoms with Crippen LogP contribution < -0.4 is 4.90 Å². The Morgan fingerprint density at radius 3 is 2.82 bits per heavy atom. The van der Waals surface area contributed by atoms with Gasteiger partial charge in [0.2, 0.25) is 0 Å². The number of nitrogens with zero attached hydrogens (tertiary/aromatic N) is 5. The molecule has 1 saturated heterocycles. The van der Waals surface area contributed by atoms with E-state index < -0.39 is 15.9 Å². The molecule has 1 fully saturated rings. The highest BCUT2D eigenvalue weighted by atomic mass is 32.2. The van der Waals surface area contributed by atoms with Crippen molar-refractivity contribution in [3.05, 3.63) is 42.0 Å². The van der Waals surface area contributed by atoms with E-state index in [1.165, 1.54) is 4.90 Å². The fraction of sp³-hybridized carbons (Fsp3) is 0.522. The van der Waals surface area contributed by atoms with Crippen molar-refractivity contribution >= 4 is 32.7 Å². The third-order valence-corrected chi connectivity index (χ3v) is 8.76. The van der Waals surface area contributed by atoms with Crippen LogP contribution >= 0.6 is 0 Å². The number of carbonyl (C=O) groups is 1. The Morgan fingerprint density at radius 2 is 2.12 bits per heavy atom. The number of aryl methyl sites for hydroxylation is 1. The van der Waals surface area contributed by atoms with Crippen LogP contribution in [0.25, 0.3) is 11.0 Å². The molecule has 2 aromatic heterocycles. The first kappa shape index (κ1) is 21.9. The predicted molar refractivity (Wildman–Crippen MR) is 126 cm³/mol. The minimum Gasteiger partial charge on any atom is -0.465 e. The molecule has 2 aliphatic heterocycles. The van der Waals surface area contributed by atoms with Crippen molar-refractivity contribution in [2.45, 2.75) is 64.1 Å². The van der Waals surface area contributed by atoms with E-state index in [0.717, 1.165) is 41.7 Å². The van der Waals surface area contributed by atoms with E-state index in [0.29, 0.717) is 18.7 Å². The van der Waals surface area contributed by atoms with Gasteiger partial charge in [-0.3, -0.25) is 9.58 Å². The van der Waals surface area contributed by atoms with E-state index >= 15 is 0 Å². The molecule has 1 N–H and O–H groups in total. The molecule has 9 nitrogen and oxygen atoms in total. The molecule has 1 amide bonds. The maximum atomic E-state index is 12.5. The van der Waals surface area contributed by atoms with Gasteiger partial charge in [0.05, 0.1) is 34.8 Å². The van der Waals surface area contributed by atoms with Crippen LogP contribution in [-0.4, -0.2) is 56.5 Å². The van der Waals surface area contributed by atoms with E-state index in [1.807, 2.05) is 36.0 Å². The first-order valence-electron chi connectivity index (χ1n) is 11.5. The second-order valence-electron chi connectivity index (χ2n) is 9.35. The second kappa shape index (κ2) is 8.16. The van der Waals surface area contributed by atoms with Gasteiger partial charge in [-0.15, -0.1) is 0 Å². The lowest BCUT2D eigenvalue weighted by Crippen LogP contribution is -2.41. The van der Waals surface area contributed by atoms with E-state index in [9.17, 15) is 18.3 Å². The van der Waals surface area contributed by atoms with Crippen LogP contribution in [0, 0.1) is 0 Å². The second-order valence-corrected chi connectivity index (χ2v) is 11.6. The van der Waals surface area contributed by atoms with Crippen molar-refractivity contribution in [1.82, 2.24) is 19.3 Å². The molecule has 0 radical (unpaired) electrons. The first-order valence-corrected chi connectivity index (χ1v) is 13.3. The Hall–Kier alpha value is -2.88. The van der Waals surface area contributed by atoms with Crippen LogP contribution in [0.3, 0.4) is 0 Å². The number of rotatable bonds is 4. The van der Waals surface area contributed by atoms with Crippen molar-refractivity contribution in [3.8, 4) is 0 Å². The lowest BCUT2D eigenvalue weighted by Gasteiger charge is -2.33. The highest BCUT2D eigenvalue weighted by Gasteiger charge is 2.34. The number of amides is 1. The number of anilines is 1. The molecule has 10 heteroatoms. The number of aromatic nitrogens is 4. The van der Waals surface area contributed by atoms with Gasteiger partial charge in [-0.25, -0.2) is 18.2 Å². The maximum absolute atomic E-state index is 12.5. The molecule has 4 heterocycles. The third kappa shape index (κ3) is 3.90. The average Bonchev–Trinajstić information content (AvgIpc) is 3.39. The van der Waals surface area contributed by atoms with Gasteiger partial charge in [-0.1, -0.05) is 6.92 Å². The number of hydrogen-bond acceptors (Lipinski definition) is 5. The molecule has 0 spiro atoms. The summed E-state index contributed by atoms with van der Waals surface area (Å²) in [5.41, 5.74) is 3.29. The fourth-order valence-corrected chi connectivity index (χ4v) is 7.09. The largest absolute Gasteiger partial charge is 0.465 e. The topological polar surface area (TPSA) is 110 Å². The molecular formula is C23H29N5O4S.